The second-order valence-electron chi connectivity index (χ2n) is 6.81. The van der Waals surface area contributed by atoms with E-state index in [4.69, 9.17) is 0 Å². The first kappa shape index (κ1) is 19.0. The van der Waals surface area contributed by atoms with E-state index in [0.29, 0.717) is 11.4 Å². The van der Waals surface area contributed by atoms with Crippen molar-refractivity contribution in [2.24, 2.45) is 0 Å². The van der Waals surface area contributed by atoms with Crippen LogP contribution in [0.15, 0.2) is 69.9 Å². The smallest absolute Gasteiger partial charge is 0.267 e. The molecular weight excluding hydrogens is 406 g/mol. The van der Waals surface area contributed by atoms with E-state index in [1.54, 1.807) is 19.9 Å². The normalized spacial score (nSPS) is 11.3. The standard InChI is InChI=1S/C21H20BrN3O2/c1-14-13-16(22)9-10-17(14)23-20(27)21(2,3)25-19(26)12-11-18(24-25)15-7-5-4-6-8-15/h4-13H,1-3H3,(H,23,27). The molecule has 1 N–H and O–H groups in total. The molecule has 0 saturated heterocycles. The lowest BCUT2D eigenvalue weighted by molar-refractivity contribution is -0.123. The topological polar surface area (TPSA) is 64.0 Å². The number of benzene rings is 2. The second-order valence-corrected chi connectivity index (χ2v) is 7.72. The molecule has 3 rings (SSSR count). The second kappa shape index (κ2) is 7.48. The minimum absolute atomic E-state index is 0.312. The Balaban J connectivity index is 1.96. The van der Waals surface area contributed by atoms with E-state index in [-0.39, 0.29) is 11.5 Å². The number of carbonyl (C=O) groups excluding carboxylic acids is 1. The first-order valence-corrected chi connectivity index (χ1v) is 9.32. The average molecular weight is 426 g/mol. The van der Waals surface area contributed by atoms with Crippen LogP contribution in [0.5, 0.6) is 0 Å². The highest BCUT2D eigenvalue weighted by atomic mass is 79.9. The van der Waals surface area contributed by atoms with Gasteiger partial charge in [0.15, 0.2) is 0 Å². The van der Waals surface area contributed by atoms with E-state index in [1.807, 2.05) is 55.5 Å². The van der Waals surface area contributed by atoms with Crippen LogP contribution >= 0.6 is 15.9 Å². The average Bonchev–Trinajstić information content (AvgIpc) is 2.65. The minimum Gasteiger partial charge on any atom is -0.324 e. The monoisotopic (exact) mass is 425 g/mol. The van der Waals surface area contributed by atoms with Crippen molar-refractivity contribution in [1.29, 1.82) is 0 Å². The van der Waals surface area contributed by atoms with Crippen LogP contribution in [0.25, 0.3) is 11.3 Å². The summed E-state index contributed by atoms with van der Waals surface area (Å²) in [5.41, 5.74) is 1.64. The fraction of sp³-hybridized carbons (Fsp3) is 0.190. The lowest BCUT2D eigenvalue weighted by Crippen LogP contribution is -2.47. The number of carbonyl (C=O) groups is 1. The molecule has 1 aromatic heterocycles. The quantitative estimate of drug-likeness (QED) is 0.675. The Morgan fingerprint density at radius 1 is 1.07 bits per heavy atom. The highest BCUT2D eigenvalue weighted by Gasteiger charge is 2.32. The van der Waals surface area contributed by atoms with Crippen LogP contribution in [0.1, 0.15) is 19.4 Å². The molecular formula is C21H20BrN3O2. The molecule has 27 heavy (non-hydrogen) atoms. The summed E-state index contributed by atoms with van der Waals surface area (Å²) in [4.78, 5) is 25.4. The van der Waals surface area contributed by atoms with Crippen molar-refractivity contribution in [1.82, 2.24) is 9.78 Å². The van der Waals surface area contributed by atoms with Crippen LogP contribution < -0.4 is 10.9 Å². The number of rotatable bonds is 4. The highest BCUT2D eigenvalue weighted by molar-refractivity contribution is 9.10. The molecule has 0 saturated carbocycles. The van der Waals surface area contributed by atoms with Crippen LogP contribution in [0, 0.1) is 6.92 Å². The SMILES string of the molecule is Cc1cc(Br)ccc1NC(=O)C(C)(C)n1nc(-c2ccccc2)ccc1=O. The maximum absolute atomic E-state index is 12.9. The summed E-state index contributed by atoms with van der Waals surface area (Å²) < 4.78 is 2.17. The van der Waals surface area contributed by atoms with Crippen molar-refractivity contribution in [2.75, 3.05) is 5.32 Å². The van der Waals surface area contributed by atoms with Gasteiger partial charge in [-0.15, -0.1) is 0 Å². The predicted molar refractivity (Wildman–Crippen MR) is 111 cm³/mol. The van der Waals surface area contributed by atoms with E-state index in [0.717, 1.165) is 15.6 Å². The molecule has 0 spiro atoms. The molecule has 0 atom stereocenters. The van der Waals surface area contributed by atoms with Crippen LogP contribution in [-0.2, 0) is 10.3 Å². The Hall–Kier alpha value is -2.73. The lowest BCUT2D eigenvalue weighted by Gasteiger charge is -2.26. The summed E-state index contributed by atoms with van der Waals surface area (Å²) in [6, 6.07) is 18.3. The van der Waals surface area contributed by atoms with Gasteiger partial charge in [0.1, 0.15) is 5.54 Å². The highest BCUT2D eigenvalue weighted by Crippen LogP contribution is 2.23. The van der Waals surface area contributed by atoms with E-state index in [2.05, 4.69) is 26.3 Å². The van der Waals surface area contributed by atoms with E-state index in [1.165, 1.54) is 10.7 Å². The molecule has 1 amide bonds. The van der Waals surface area contributed by atoms with Crippen LogP contribution in [0.2, 0.25) is 0 Å². The predicted octanol–water partition coefficient (Wildman–Crippen LogP) is 4.36. The van der Waals surface area contributed by atoms with Crippen molar-refractivity contribution < 1.29 is 4.79 Å². The Kier molecular flexibility index (Phi) is 5.28. The van der Waals surface area contributed by atoms with Crippen LogP contribution in [-0.4, -0.2) is 15.7 Å². The van der Waals surface area contributed by atoms with Crippen molar-refractivity contribution in [2.45, 2.75) is 26.3 Å². The third-order valence-corrected chi connectivity index (χ3v) is 4.88. The molecule has 0 aliphatic carbocycles. The van der Waals surface area contributed by atoms with Gasteiger partial charge in [0, 0.05) is 21.8 Å². The fourth-order valence-corrected chi connectivity index (χ4v) is 3.19. The largest absolute Gasteiger partial charge is 0.324 e. The maximum atomic E-state index is 12.9. The number of halogens is 1. The van der Waals surface area contributed by atoms with E-state index >= 15 is 0 Å². The molecule has 3 aromatic rings. The minimum atomic E-state index is -1.17. The molecule has 1 heterocycles. The number of hydrogen-bond donors (Lipinski definition) is 1. The van der Waals surface area contributed by atoms with Gasteiger partial charge in [-0.1, -0.05) is 46.3 Å². The van der Waals surface area contributed by atoms with Gasteiger partial charge in [0.25, 0.3) is 11.5 Å². The Morgan fingerprint density at radius 3 is 2.44 bits per heavy atom. The molecule has 0 fully saturated rings. The summed E-state index contributed by atoms with van der Waals surface area (Å²) in [5, 5.41) is 7.35. The van der Waals surface area contributed by atoms with Gasteiger partial charge in [-0.25, -0.2) is 4.68 Å². The zero-order valence-electron chi connectivity index (χ0n) is 15.4. The van der Waals surface area contributed by atoms with Crippen molar-refractivity contribution in [3.05, 3.63) is 81.1 Å². The Morgan fingerprint density at radius 2 is 1.78 bits per heavy atom. The van der Waals surface area contributed by atoms with Gasteiger partial charge in [-0.2, -0.15) is 5.10 Å². The van der Waals surface area contributed by atoms with Crippen molar-refractivity contribution >= 4 is 27.5 Å². The molecule has 0 aliphatic rings. The number of aromatic nitrogens is 2. The first-order valence-electron chi connectivity index (χ1n) is 8.53. The summed E-state index contributed by atoms with van der Waals surface area (Å²) in [6.45, 7) is 5.27. The zero-order valence-corrected chi connectivity index (χ0v) is 16.9. The van der Waals surface area contributed by atoms with E-state index < -0.39 is 5.54 Å². The fourth-order valence-electron chi connectivity index (χ4n) is 2.71. The summed E-state index contributed by atoms with van der Waals surface area (Å²) >= 11 is 3.41. The van der Waals surface area contributed by atoms with Crippen LogP contribution in [0.3, 0.4) is 0 Å². The summed E-state index contributed by atoms with van der Waals surface area (Å²) in [7, 11) is 0. The summed E-state index contributed by atoms with van der Waals surface area (Å²) in [5.74, 6) is -0.312. The summed E-state index contributed by atoms with van der Waals surface area (Å²) in [6.07, 6.45) is 0. The molecule has 5 nitrogen and oxygen atoms in total. The molecule has 0 radical (unpaired) electrons. The first-order chi connectivity index (χ1) is 12.8. The van der Waals surface area contributed by atoms with Crippen LogP contribution in [0.4, 0.5) is 5.69 Å². The number of hydrogen-bond acceptors (Lipinski definition) is 3. The third-order valence-electron chi connectivity index (χ3n) is 4.39. The van der Waals surface area contributed by atoms with Crippen molar-refractivity contribution in [3.63, 3.8) is 0 Å². The number of amides is 1. The molecule has 0 unspecified atom stereocenters. The number of anilines is 1. The molecule has 0 aliphatic heterocycles. The Bertz CT molecular complexity index is 1040. The molecule has 6 heteroatoms. The third kappa shape index (κ3) is 4.01. The van der Waals surface area contributed by atoms with Crippen molar-refractivity contribution in [3.8, 4) is 11.3 Å². The number of nitrogens with one attached hydrogen (secondary N) is 1. The van der Waals surface area contributed by atoms with Gasteiger partial charge in [-0.3, -0.25) is 9.59 Å². The Labute approximate surface area is 166 Å². The van der Waals surface area contributed by atoms with Gasteiger partial charge >= 0.3 is 0 Å². The zero-order chi connectivity index (χ0) is 19.6. The van der Waals surface area contributed by atoms with Gasteiger partial charge in [-0.05, 0) is 50.6 Å². The van der Waals surface area contributed by atoms with E-state index in [9.17, 15) is 9.59 Å². The maximum Gasteiger partial charge on any atom is 0.267 e. The number of nitrogens with zero attached hydrogens (tertiary/aromatic N) is 2. The molecule has 0 bridgehead atoms. The molecule has 2 aromatic carbocycles. The van der Waals surface area contributed by atoms with Gasteiger partial charge in [0.2, 0.25) is 0 Å². The lowest BCUT2D eigenvalue weighted by atomic mass is 10.0. The van der Waals surface area contributed by atoms with Gasteiger partial charge < -0.3 is 5.32 Å². The number of aryl methyl sites for hydroxylation is 1. The van der Waals surface area contributed by atoms with Gasteiger partial charge in [0.05, 0.1) is 5.69 Å². The molecule has 138 valence electrons.